The van der Waals surface area contributed by atoms with Gasteiger partial charge in [-0.15, -0.1) is 0 Å². The first-order valence-electron chi connectivity index (χ1n) is 8.11. The fourth-order valence-corrected chi connectivity index (χ4v) is 4.56. The van der Waals surface area contributed by atoms with Crippen LogP contribution in [0.4, 0.5) is 0 Å². The number of nitrogens with zero attached hydrogens (tertiary/aromatic N) is 2. The Hall–Kier alpha value is -2.25. The summed E-state index contributed by atoms with van der Waals surface area (Å²) >= 11 is 0. The number of hydrogen-bond donors (Lipinski definition) is 0. The van der Waals surface area contributed by atoms with Gasteiger partial charge in [-0.3, -0.25) is 9.78 Å². The molecular formula is C18H20N2O4S. The Morgan fingerprint density at radius 2 is 1.76 bits per heavy atom. The van der Waals surface area contributed by atoms with Crippen molar-refractivity contribution in [2.75, 3.05) is 20.2 Å². The van der Waals surface area contributed by atoms with Gasteiger partial charge in [-0.2, -0.15) is 4.31 Å². The molecule has 1 aromatic heterocycles. The second-order valence-electron chi connectivity index (χ2n) is 5.99. The summed E-state index contributed by atoms with van der Waals surface area (Å²) in [5.41, 5.74) is 1.90. The van der Waals surface area contributed by atoms with Crippen LogP contribution in [0.15, 0.2) is 53.7 Å². The molecule has 0 bridgehead atoms. The molecule has 6 nitrogen and oxygen atoms in total. The highest BCUT2D eigenvalue weighted by Gasteiger charge is 2.33. The van der Waals surface area contributed by atoms with Crippen LogP contribution >= 0.6 is 0 Å². The number of carbonyl (C=O) groups excluding carboxylic acids is 1. The van der Waals surface area contributed by atoms with E-state index >= 15 is 0 Å². The van der Waals surface area contributed by atoms with Gasteiger partial charge >= 0.3 is 5.97 Å². The van der Waals surface area contributed by atoms with Gasteiger partial charge in [0.05, 0.1) is 17.9 Å². The highest BCUT2D eigenvalue weighted by molar-refractivity contribution is 7.89. The van der Waals surface area contributed by atoms with Crippen molar-refractivity contribution < 1.29 is 17.9 Å². The molecule has 132 valence electrons. The molecule has 0 radical (unpaired) electrons. The number of methoxy groups -OCH3 is 1. The number of pyridine rings is 1. The standard InChI is InChI=1S/C18H20N2O4S/c1-24-18(21)16-3-2-12-20(13-16)25(22,23)17-6-4-14(5-7-17)15-8-10-19-11-9-15/h4-11,16H,2-3,12-13H2,1H3. The van der Waals surface area contributed by atoms with Gasteiger partial charge in [0, 0.05) is 25.5 Å². The molecule has 3 rings (SSSR count). The average Bonchev–Trinajstić information content (AvgIpc) is 2.68. The van der Waals surface area contributed by atoms with Crippen molar-refractivity contribution in [3.05, 3.63) is 48.8 Å². The Balaban J connectivity index is 1.81. The van der Waals surface area contributed by atoms with Crippen LogP contribution in [-0.2, 0) is 19.6 Å². The summed E-state index contributed by atoms with van der Waals surface area (Å²) in [5, 5.41) is 0. The minimum atomic E-state index is -3.62. The Labute approximate surface area is 147 Å². The van der Waals surface area contributed by atoms with Gasteiger partial charge in [0.25, 0.3) is 0 Å². The molecule has 0 N–H and O–H groups in total. The van der Waals surface area contributed by atoms with Crippen LogP contribution in [0.5, 0.6) is 0 Å². The van der Waals surface area contributed by atoms with Gasteiger partial charge in [0.15, 0.2) is 0 Å². The third kappa shape index (κ3) is 3.72. The molecule has 1 atom stereocenters. The van der Waals surface area contributed by atoms with Crippen LogP contribution in [0.1, 0.15) is 12.8 Å². The zero-order valence-corrected chi connectivity index (χ0v) is 14.8. The summed E-state index contributed by atoms with van der Waals surface area (Å²) in [4.78, 5) is 15.9. The predicted octanol–water partition coefficient (Wildman–Crippen LogP) is 2.32. The molecule has 0 saturated carbocycles. The number of benzene rings is 1. The Kier molecular flexibility index (Phi) is 5.15. The van der Waals surface area contributed by atoms with Crippen molar-refractivity contribution >= 4 is 16.0 Å². The minimum Gasteiger partial charge on any atom is -0.469 e. The topological polar surface area (TPSA) is 76.6 Å². The lowest BCUT2D eigenvalue weighted by Gasteiger charge is -2.30. The van der Waals surface area contributed by atoms with E-state index in [0.717, 1.165) is 11.1 Å². The van der Waals surface area contributed by atoms with Gasteiger partial charge in [-0.1, -0.05) is 12.1 Å². The molecule has 1 unspecified atom stereocenters. The van der Waals surface area contributed by atoms with E-state index in [1.165, 1.54) is 11.4 Å². The summed E-state index contributed by atoms with van der Waals surface area (Å²) in [6.45, 7) is 0.586. The second kappa shape index (κ2) is 7.33. The summed E-state index contributed by atoms with van der Waals surface area (Å²) in [7, 11) is -2.30. The SMILES string of the molecule is COC(=O)C1CCCN(S(=O)(=O)c2ccc(-c3ccncc3)cc2)C1. The summed E-state index contributed by atoms with van der Waals surface area (Å²) < 4.78 is 31.8. The first-order chi connectivity index (χ1) is 12.0. The average molecular weight is 360 g/mol. The molecule has 2 heterocycles. The van der Waals surface area contributed by atoms with Crippen LogP contribution in [0.3, 0.4) is 0 Å². The summed E-state index contributed by atoms with van der Waals surface area (Å²) in [5.74, 6) is -0.752. The number of esters is 1. The summed E-state index contributed by atoms with van der Waals surface area (Å²) in [6.07, 6.45) is 4.69. The summed E-state index contributed by atoms with van der Waals surface area (Å²) in [6, 6.07) is 10.5. The second-order valence-corrected chi connectivity index (χ2v) is 7.92. The normalized spacial score (nSPS) is 18.7. The van der Waals surface area contributed by atoms with Gasteiger partial charge < -0.3 is 4.74 Å². The largest absolute Gasteiger partial charge is 0.469 e. The van der Waals surface area contributed by atoms with Crippen molar-refractivity contribution in [3.8, 4) is 11.1 Å². The van der Waals surface area contributed by atoms with Crippen LogP contribution in [0.2, 0.25) is 0 Å². The number of piperidine rings is 1. The Morgan fingerprint density at radius 1 is 1.12 bits per heavy atom. The predicted molar refractivity (Wildman–Crippen MR) is 93.2 cm³/mol. The van der Waals surface area contributed by atoms with Crippen molar-refractivity contribution in [2.45, 2.75) is 17.7 Å². The van der Waals surface area contributed by atoms with Crippen LogP contribution in [0, 0.1) is 5.92 Å². The monoisotopic (exact) mass is 360 g/mol. The fourth-order valence-electron chi connectivity index (χ4n) is 3.03. The van der Waals surface area contributed by atoms with Gasteiger partial charge in [-0.25, -0.2) is 8.42 Å². The molecule has 0 spiro atoms. The number of sulfonamides is 1. The number of ether oxygens (including phenoxy) is 1. The molecule has 7 heteroatoms. The lowest BCUT2D eigenvalue weighted by molar-refractivity contribution is -0.146. The third-order valence-electron chi connectivity index (χ3n) is 4.42. The Morgan fingerprint density at radius 3 is 2.40 bits per heavy atom. The van der Waals surface area contributed by atoms with Crippen molar-refractivity contribution in [1.82, 2.24) is 9.29 Å². The molecule has 1 aliphatic rings. The highest BCUT2D eigenvalue weighted by atomic mass is 32.2. The molecular weight excluding hydrogens is 340 g/mol. The number of carbonyl (C=O) groups is 1. The smallest absolute Gasteiger partial charge is 0.309 e. The number of rotatable bonds is 4. The number of hydrogen-bond acceptors (Lipinski definition) is 5. The van der Waals surface area contributed by atoms with Gasteiger partial charge in [-0.05, 0) is 48.2 Å². The van der Waals surface area contributed by atoms with Gasteiger partial charge in [0.2, 0.25) is 10.0 Å². The molecule has 1 saturated heterocycles. The molecule has 2 aromatic rings. The molecule has 1 aromatic carbocycles. The van der Waals surface area contributed by atoms with E-state index in [0.29, 0.717) is 19.4 Å². The first kappa shape index (κ1) is 17.6. The van der Waals surface area contributed by atoms with E-state index in [-0.39, 0.29) is 17.4 Å². The van der Waals surface area contributed by atoms with E-state index in [1.54, 1.807) is 36.7 Å². The van der Waals surface area contributed by atoms with E-state index in [1.807, 2.05) is 12.1 Å². The van der Waals surface area contributed by atoms with Crippen molar-refractivity contribution in [1.29, 1.82) is 0 Å². The zero-order valence-electron chi connectivity index (χ0n) is 14.0. The molecule has 0 aliphatic carbocycles. The lowest BCUT2D eigenvalue weighted by atomic mass is 10.0. The highest BCUT2D eigenvalue weighted by Crippen LogP contribution is 2.26. The molecule has 25 heavy (non-hydrogen) atoms. The maximum atomic E-state index is 12.9. The molecule has 0 amide bonds. The third-order valence-corrected chi connectivity index (χ3v) is 6.30. The van der Waals surface area contributed by atoms with Crippen LogP contribution in [0.25, 0.3) is 11.1 Å². The number of aromatic nitrogens is 1. The maximum absolute atomic E-state index is 12.9. The molecule has 1 fully saturated rings. The zero-order chi connectivity index (χ0) is 17.9. The quantitative estimate of drug-likeness (QED) is 0.782. The van der Waals surface area contributed by atoms with Gasteiger partial charge in [0.1, 0.15) is 0 Å². The van der Waals surface area contributed by atoms with Crippen LogP contribution in [-0.4, -0.2) is 43.9 Å². The van der Waals surface area contributed by atoms with E-state index in [2.05, 4.69) is 4.98 Å². The lowest BCUT2D eigenvalue weighted by Crippen LogP contribution is -2.42. The minimum absolute atomic E-state index is 0.168. The van der Waals surface area contributed by atoms with E-state index < -0.39 is 15.9 Å². The van der Waals surface area contributed by atoms with E-state index in [4.69, 9.17) is 4.74 Å². The first-order valence-corrected chi connectivity index (χ1v) is 9.55. The van der Waals surface area contributed by atoms with Crippen molar-refractivity contribution in [3.63, 3.8) is 0 Å². The maximum Gasteiger partial charge on any atom is 0.309 e. The fraction of sp³-hybridized carbons (Fsp3) is 0.333. The van der Waals surface area contributed by atoms with Crippen molar-refractivity contribution in [2.24, 2.45) is 5.92 Å². The van der Waals surface area contributed by atoms with Crippen LogP contribution < -0.4 is 0 Å². The van der Waals surface area contributed by atoms with E-state index in [9.17, 15) is 13.2 Å². The Bertz CT molecular complexity index is 835. The molecule has 1 aliphatic heterocycles.